The van der Waals surface area contributed by atoms with Crippen molar-refractivity contribution in [3.63, 3.8) is 0 Å². The van der Waals surface area contributed by atoms with Gasteiger partial charge in [-0.15, -0.1) is 0 Å². The molecular weight excluding hydrogens is 689 g/mol. The molecule has 2 heterocycles. The molecule has 2 aliphatic heterocycles. The molecule has 0 bridgehead atoms. The van der Waals surface area contributed by atoms with Crippen molar-refractivity contribution in [2.45, 2.75) is 120 Å². The van der Waals surface area contributed by atoms with Crippen LogP contribution in [0.5, 0.6) is 5.75 Å². The van der Waals surface area contributed by atoms with Crippen molar-refractivity contribution in [3.05, 3.63) is 29.3 Å². The normalized spacial score (nSPS) is 30.4. The van der Waals surface area contributed by atoms with Crippen molar-refractivity contribution >= 4 is 22.7 Å². The first-order valence-electron chi connectivity index (χ1n) is 19.0. The summed E-state index contributed by atoms with van der Waals surface area (Å²) in [6, 6.07) is 6.61. The number of alkyl halides is 5. The monoisotopic (exact) mass is 743 g/mol. The summed E-state index contributed by atoms with van der Waals surface area (Å²) in [5, 5.41) is 3.08. The molecule has 51 heavy (non-hydrogen) atoms. The average Bonchev–Trinajstić information content (AvgIpc) is 3.38. The summed E-state index contributed by atoms with van der Waals surface area (Å²) in [5.74, 6) is -2.99. The van der Waals surface area contributed by atoms with Gasteiger partial charge >= 0.3 is 18.2 Å². The summed E-state index contributed by atoms with van der Waals surface area (Å²) < 4.78 is 82.7. The van der Waals surface area contributed by atoms with Gasteiger partial charge in [0.05, 0.1) is 0 Å². The number of likely N-dealkylation sites (tertiary alicyclic amines) is 2. The second-order valence-corrected chi connectivity index (χ2v) is 17.9. The lowest BCUT2D eigenvalue weighted by Gasteiger charge is -2.51. The highest BCUT2D eigenvalue weighted by atomic mass is 32.2. The Bertz CT molecular complexity index is 1430. The molecule has 0 spiro atoms. The molecule has 0 radical (unpaired) electrons. The third-order valence-electron chi connectivity index (χ3n) is 13.1. The van der Waals surface area contributed by atoms with E-state index >= 15 is 0 Å². The highest BCUT2D eigenvalue weighted by Crippen LogP contribution is 2.61. The molecule has 2 saturated carbocycles. The molecule has 3 aliphatic carbocycles. The largest absolute Gasteiger partial charge is 0.453 e. The summed E-state index contributed by atoms with van der Waals surface area (Å²) in [7, 11) is 0.666. The van der Waals surface area contributed by atoms with Crippen LogP contribution in [0.4, 0.5) is 26.7 Å². The Labute approximate surface area is 301 Å². The van der Waals surface area contributed by atoms with Gasteiger partial charge in [-0.25, -0.2) is 4.79 Å². The van der Waals surface area contributed by atoms with Crippen LogP contribution in [0.15, 0.2) is 18.2 Å². The summed E-state index contributed by atoms with van der Waals surface area (Å²) in [5.41, 5.74) is 2.00. The number of rotatable bonds is 11. The van der Waals surface area contributed by atoms with Gasteiger partial charge in [0, 0.05) is 65.7 Å². The van der Waals surface area contributed by atoms with E-state index in [0.717, 1.165) is 70.3 Å². The predicted molar refractivity (Wildman–Crippen MR) is 187 cm³/mol. The molecule has 286 valence electrons. The van der Waals surface area contributed by atoms with Gasteiger partial charge in [0.25, 0.3) is 0 Å². The number of hydrogen-bond donors (Lipinski definition) is 1. The number of ether oxygens (including phenoxy) is 1. The number of piperidine rings is 2. The molecule has 1 unspecified atom stereocenters. The van der Waals surface area contributed by atoms with Crippen LogP contribution < -0.4 is 10.1 Å². The first-order valence-corrected chi connectivity index (χ1v) is 20.5. The van der Waals surface area contributed by atoms with Gasteiger partial charge in [-0.2, -0.15) is 22.0 Å². The number of benzene rings is 1. The van der Waals surface area contributed by atoms with Gasteiger partial charge in [-0.3, -0.25) is 9.00 Å². The van der Waals surface area contributed by atoms with Crippen LogP contribution in [0, 0.1) is 23.2 Å². The number of nitrogens with zero attached hydrogens (tertiary/aromatic N) is 2. The second-order valence-electron chi connectivity index (χ2n) is 16.2. The van der Waals surface area contributed by atoms with Crippen molar-refractivity contribution < 1.29 is 40.5 Å². The fourth-order valence-corrected chi connectivity index (χ4v) is 11.3. The highest BCUT2D eigenvalue weighted by molar-refractivity contribution is 7.84. The lowest BCUT2D eigenvalue weighted by atomic mass is 9.52. The van der Waals surface area contributed by atoms with Crippen LogP contribution in [0.3, 0.4) is 0 Å². The quantitative estimate of drug-likeness (QED) is 0.237. The average molecular weight is 744 g/mol. The van der Waals surface area contributed by atoms with Gasteiger partial charge in [-0.05, 0) is 138 Å². The molecule has 5 aliphatic rings. The summed E-state index contributed by atoms with van der Waals surface area (Å²) in [6.07, 6.45) is 1.40. The zero-order valence-electron chi connectivity index (χ0n) is 30.0. The number of carbonyl (C=O) groups excluding carboxylic acids is 2. The van der Waals surface area contributed by atoms with Gasteiger partial charge < -0.3 is 19.9 Å². The minimum absolute atomic E-state index is 0.0696. The number of nitrogens with one attached hydrogen (secondary N) is 1. The molecule has 6 atom stereocenters. The van der Waals surface area contributed by atoms with Crippen LogP contribution in [0.25, 0.3) is 0 Å². The van der Waals surface area contributed by atoms with Crippen LogP contribution >= 0.6 is 0 Å². The van der Waals surface area contributed by atoms with E-state index in [-0.39, 0.29) is 46.6 Å². The number of amides is 1. The molecule has 6 rings (SSSR count). The fraction of sp³-hybridized carbons (Fsp3) is 0.789. The van der Waals surface area contributed by atoms with E-state index in [1.807, 2.05) is 12.1 Å². The van der Waals surface area contributed by atoms with E-state index < -0.39 is 41.8 Å². The Kier molecular flexibility index (Phi) is 11.9. The van der Waals surface area contributed by atoms with E-state index in [4.69, 9.17) is 4.74 Å². The third kappa shape index (κ3) is 8.66. The summed E-state index contributed by atoms with van der Waals surface area (Å²) in [6.45, 7) is 6.29. The highest BCUT2D eigenvalue weighted by Gasteiger charge is 2.57. The molecule has 2 saturated heterocycles. The zero-order chi connectivity index (χ0) is 36.6. The molecule has 7 nitrogen and oxygen atoms in total. The maximum absolute atomic E-state index is 13.3. The van der Waals surface area contributed by atoms with Crippen molar-refractivity contribution in [3.8, 4) is 5.75 Å². The Hall–Kier alpha value is -2.12. The standard InChI is InChI=1S/C38H54F5N3O4S/c1-36-16-10-31-30-7-6-29(50-35(48)44-27-11-19-46(20-12-27)28-13-17-45(2)18-14-28)24-26(30)23-25(34(31)32(36)8-9-33(36)47)5-3-21-51(49)22-4-15-37(39,40)38(41,42)43/h6-7,24-25,27-28,31-32,34H,3-5,8-23H2,1-2H3,(H,44,48)/t25-,31-,32+,34-,36+,51?/m1/s1. The fourth-order valence-electron chi connectivity index (χ4n) is 10.2. The summed E-state index contributed by atoms with van der Waals surface area (Å²) in [4.78, 5) is 31.0. The molecule has 1 N–H and O–H groups in total. The minimum atomic E-state index is -5.60. The van der Waals surface area contributed by atoms with E-state index in [0.29, 0.717) is 36.8 Å². The SMILES string of the molecule is CN1CCC(N2CCC(NC(=O)Oc3ccc4c(c3)C[C@@H](CCCS(=O)CCCC(F)(F)C(F)(F)F)[C@@H]3[C@@H]4CC[C@]4(C)C(=O)CC[C@@H]34)CC2)CC1. The van der Waals surface area contributed by atoms with Crippen molar-refractivity contribution in [2.75, 3.05) is 44.7 Å². The maximum Gasteiger partial charge on any atom is 0.453 e. The number of carbonyl (C=O) groups is 2. The molecule has 1 amide bonds. The predicted octanol–water partition coefficient (Wildman–Crippen LogP) is 7.49. The van der Waals surface area contributed by atoms with E-state index in [2.05, 4.69) is 35.2 Å². The van der Waals surface area contributed by atoms with Crippen LogP contribution in [-0.2, 0) is 22.0 Å². The first kappa shape index (κ1) is 38.6. The molecule has 0 aromatic heterocycles. The minimum Gasteiger partial charge on any atom is -0.410 e. The van der Waals surface area contributed by atoms with Gasteiger partial charge in [-0.1, -0.05) is 13.0 Å². The van der Waals surface area contributed by atoms with Crippen molar-refractivity contribution in [1.82, 2.24) is 15.1 Å². The number of fused-ring (bicyclic) bond motifs is 5. The van der Waals surface area contributed by atoms with Crippen LogP contribution in [0.1, 0.15) is 101 Å². The number of halogens is 5. The van der Waals surface area contributed by atoms with Gasteiger partial charge in [0.2, 0.25) is 0 Å². The summed E-state index contributed by atoms with van der Waals surface area (Å²) >= 11 is 0. The maximum atomic E-state index is 13.3. The Balaban J connectivity index is 1.06. The van der Waals surface area contributed by atoms with Crippen molar-refractivity contribution in [1.29, 1.82) is 0 Å². The number of ketones is 1. The van der Waals surface area contributed by atoms with Gasteiger partial charge in [0.15, 0.2) is 0 Å². The van der Waals surface area contributed by atoms with E-state index in [1.165, 1.54) is 18.4 Å². The molecule has 4 fully saturated rings. The smallest absolute Gasteiger partial charge is 0.410 e. The van der Waals surface area contributed by atoms with Crippen LogP contribution in [-0.4, -0.2) is 94.8 Å². The van der Waals surface area contributed by atoms with E-state index in [1.54, 1.807) is 0 Å². The topological polar surface area (TPSA) is 79.0 Å². The van der Waals surface area contributed by atoms with Crippen LogP contribution in [0.2, 0.25) is 0 Å². The number of hydrogen-bond acceptors (Lipinski definition) is 6. The Morgan fingerprint density at radius 3 is 2.41 bits per heavy atom. The molecule has 1 aromatic carbocycles. The lowest BCUT2D eigenvalue weighted by molar-refractivity contribution is -0.284. The molecular formula is C38H54F5N3O4S. The van der Waals surface area contributed by atoms with Crippen molar-refractivity contribution in [2.24, 2.45) is 23.2 Å². The number of Topliss-reactive ketones (excluding diaryl/α,β-unsaturated/α-hetero) is 1. The Morgan fingerprint density at radius 1 is 1.00 bits per heavy atom. The van der Waals surface area contributed by atoms with Gasteiger partial charge in [0.1, 0.15) is 11.5 Å². The zero-order valence-corrected chi connectivity index (χ0v) is 30.8. The molecule has 13 heteroatoms. The Morgan fingerprint density at radius 2 is 1.71 bits per heavy atom. The molecule has 1 aromatic rings. The first-order chi connectivity index (χ1) is 24.1. The second kappa shape index (κ2) is 15.7. The third-order valence-corrected chi connectivity index (χ3v) is 14.6. The lowest BCUT2D eigenvalue weighted by Crippen LogP contribution is -2.51. The van der Waals surface area contributed by atoms with E-state index in [9.17, 15) is 35.8 Å².